The van der Waals surface area contributed by atoms with Crippen LogP contribution in [0.4, 0.5) is 0 Å². The Morgan fingerprint density at radius 3 is 2.55 bits per heavy atom. The van der Waals surface area contributed by atoms with E-state index in [0.29, 0.717) is 6.61 Å². The maximum atomic E-state index is 9.95. The van der Waals surface area contributed by atoms with Gasteiger partial charge in [0.1, 0.15) is 24.4 Å². The lowest BCUT2D eigenvalue weighted by Crippen LogP contribution is -2.55. The third kappa shape index (κ3) is 7.20. The molecule has 0 radical (unpaired) electrons. The highest BCUT2D eigenvalue weighted by atomic mass is 16.6. The van der Waals surface area contributed by atoms with Crippen LogP contribution in [0.15, 0.2) is 12.2 Å². The van der Waals surface area contributed by atoms with Gasteiger partial charge in [0.25, 0.3) is 0 Å². The van der Waals surface area contributed by atoms with Crippen molar-refractivity contribution in [3.63, 3.8) is 0 Å². The van der Waals surface area contributed by atoms with E-state index in [1.54, 1.807) is 0 Å². The minimum Gasteiger partial charge on any atom is -0.394 e. The van der Waals surface area contributed by atoms with Crippen molar-refractivity contribution >= 4 is 0 Å². The summed E-state index contributed by atoms with van der Waals surface area (Å²) in [7, 11) is 0. The Labute approximate surface area is 133 Å². The van der Waals surface area contributed by atoms with Crippen molar-refractivity contribution < 1.29 is 24.8 Å². The van der Waals surface area contributed by atoms with Gasteiger partial charge < -0.3 is 24.8 Å². The van der Waals surface area contributed by atoms with Gasteiger partial charge in [-0.2, -0.15) is 0 Å². The van der Waals surface area contributed by atoms with Crippen LogP contribution in [0.5, 0.6) is 0 Å². The second-order valence-corrected chi connectivity index (χ2v) is 5.91. The highest BCUT2D eigenvalue weighted by Gasteiger charge is 2.38. The van der Waals surface area contributed by atoms with E-state index in [0.717, 1.165) is 12.8 Å². The van der Waals surface area contributed by atoms with Crippen LogP contribution in [0.25, 0.3) is 0 Å². The van der Waals surface area contributed by atoms with E-state index < -0.39 is 24.4 Å². The number of aliphatic hydroxyl groups excluding tert-OH is 3. The topological polar surface area (TPSA) is 79.2 Å². The van der Waals surface area contributed by atoms with Gasteiger partial charge in [-0.25, -0.2) is 0 Å². The zero-order valence-electron chi connectivity index (χ0n) is 13.7. The lowest BCUT2D eigenvalue weighted by Gasteiger charge is -2.37. The minimum atomic E-state index is -0.990. The van der Waals surface area contributed by atoms with E-state index in [2.05, 4.69) is 19.1 Å². The van der Waals surface area contributed by atoms with E-state index in [1.165, 1.54) is 32.1 Å². The number of hydrogen-bond acceptors (Lipinski definition) is 5. The van der Waals surface area contributed by atoms with E-state index in [1.807, 2.05) is 0 Å². The third-order valence-corrected chi connectivity index (χ3v) is 3.99. The summed E-state index contributed by atoms with van der Waals surface area (Å²) in [6, 6.07) is 0. The molecule has 0 aromatic carbocycles. The molecule has 1 rings (SSSR count). The Morgan fingerprint density at radius 2 is 1.82 bits per heavy atom. The molecule has 0 aromatic heterocycles. The first kappa shape index (κ1) is 19.6. The molecule has 1 heterocycles. The fourth-order valence-electron chi connectivity index (χ4n) is 2.60. The molecule has 1 saturated heterocycles. The quantitative estimate of drug-likeness (QED) is 0.400. The molecular formula is C17H32O5. The van der Waals surface area contributed by atoms with Crippen LogP contribution in [-0.2, 0) is 9.47 Å². The molecule has 1 aliphatic heterocycles. The molecule has 0 unspecified atom stereocenters. The molecule has 1 aliphatic rings. The first-order valence-electron chi connectivity index (χ1n) is 8.55. The van der Waals surface area contributed by atoms with Crippen LogP contribution in [0.3, 0.4) is 0 Å². The minimum absolute atomic E-state index is 0.0839. The van der Waals surface area contributed by atoms with Crippen molar-refractivity contribution in [3.05, 3.63) is 12.2 Å². The van der Waals surface area contributed by atoms with Crippen molar-refractivity contribution in [1.82, 2.24) is 0 Å². The normalized spacial score (nSPS) is 29.3. The Bertz CT molecular complexity index is 295. The van der Waals surface area contributed by atoms with Gasteiger partial charge in [0.15, 0.2) is 0 Å². The molecule has 1 fully saturated rings. The van der Waals surface area contributed by atoms with Crippen LogP contribution < -0.4 is 0 Å². The summed E-state index contributed by atoms with van der Waals surface area (Å²) in [6.45, 7) is 2.48. The maximum Gasteiger partial charge on any atom is 0.114 e. The number of aliphatic hydroxyl groups is 3. The fourth-order valence-corrected chi connectivity index (χ4v) is 2.60. The fraction of sp³-hybridized carbons (Fsp3) is 0.882. The number of hydrogen-bond donors (Lipinski definition) is 3. The summed E-state index contributed by atoms with van der Waals surface area (Å²) < 4.78 is 10.7. The summed E-state index contributed by atoms with van der Waals surface area (Å²) in [6.07, 6.45) is 9.34. The molecular weight excluding hydrogens is 284 g/mol. The Balaban J connectivity index is 2.10. The van der Waals surface area contributed by atoms with Crippen LogP contribution in [0.2, 0.25) is 0 Å². The van der Waals surface area contributed by atoms with Crippen LogP contribution in [0, 0.1) is 0 Å². The molecule has 0 aliphatic carbocycles. The lowest BCUT2D eigenvalue weighted by molar-refractivity contribution is -0.210. The van der Waals surface area contributed by atoms with Gasteiger partial charge in [0.2, 0.25) is 0 Å². The van der Waals surface area contributed by atoms with E-state index in [-0.39, 0.29) is 13.2 Å². The molecule has 0 saturated carbocycles. The van der Waals surface area contributed by atoms with E-state index >= 15 is 0 Å². The van der Waals surface area contributed by atoms with E-state index in [4.69, 9.17) is 14.6 Å². The van der Waals surface area contributed by atoms with Gasteiger partial charge in [-0.3, -0.25) is 0 Å². The maximum absolute atomic E-state index is 9.95. The largest absolute Gasteiger partial charge is 0.394 e. The number of allylic oxidation sites excluding steroid dienone is 1. The van der Waals surface area contributed by atoms with Gasteiger partial charge in [-0.15, -0.1) is 0 Å². The number of ether oxygens (including phenoxy) is 2. The van der Waals surface area contributed by atoms with Crippen LogP contribution in [-0.4, -0.2) is 59.6 Å². The predicted molar refractivity (Wildman–Crippen MR) is 85.7 cm³/mol. The summed E-state index contributed by atoms with van der Waals surface area (Å²) in [5, 5.41) is 28.8. The molecule has 130 valence electrons. The van der Waals surface area contributed by atoms with Gasteiger partial charge in [-0.1, -0.05) is 44.8 Å². The first-order chi connectivity index (χ1) is 10.7. The SMILES string of the molecule is CCCCCCC/C=C/CCO[C@@H]1[C@@H](O)[C@H](CO)OC[C@H]1O. The molecule has 5 nitrogen and oxygen atoms in total. The lowest BCUT2D eigenvalue weighted by atomic mass is 10.0. The summed E-state index contributed by atoms with van der Waals surface area (Å²) in [5.74, 6) is 0. The van der Waals surface area contributed by atoms with Crippen molar-refractivity contribution in [2.75, 3.05) is 19.8 Å². The Kier molecular flexibility index (Phi) is 10.7. The zero-order chi connectivity index (χ0) is 16.2. The molecule has 22 heavy (non-hydrogen) atoms. The Hall–Kier alpha value is -0.460. The van der Waals surface area contributed by atoms with Gasteiger partial charge in [0.05, 0.1) is 19.8 Å². The number of rotatable bonds is 11. The van der Waals surface area contributed by atoms with Gasteiger partial charge in [-0.05, 0) is 19.3 Å². The highest BCUT2D eigenvalue weighted by Crippen LogP contribution is 2.18. The smallest absolute Gasteiger partial charge is 0.114 e. The van der Waals surface area contributed by atoms with Gasteiger partial charge in [0, 0.05) is 0 Å². The third-order valence-electron chi connectivity index (χ3n) is 3.99. The van der Waals surface area contributed by atoms with Crippen molar-refractivity contribution in [3.8, 4) is 0 Å². The first-order valence-corrected chi connectivity index (χ1v) is 8.55. The summed E-state index contributed by atoms with van der Waals surface area (Å²) >= 11 is 0. The highest BCUT2D eigenvalue weighted by molar-refractivity contribution is 4.88. The molecule has 0 amide bonds. The Morgan fingerprint density at radius 1 is 1.09 bits per heavy atom. The van der Waals surface area contributed by atoms with E-state index in [9.17, 15) is 10.2 Å². The second-order valence-electron chi connectivity index (χ2n) is 5.91. The molecule has 3 N–H and O–H groups in total. The predicted octanol–water partition coefficient (Wildman–Crippen LogP) is 1.79. The van der Waals surface area contributed by atoms with Crippen molar-refractivity contribution in [1.29, 1.82) is 0 Å². The van der Waals surface area contributed by atoms with Gasteiger partial charge >= 0.3 is 0 Å². The average molecular weight is 316 g/mol. The van der Waals surface area contributed by atoms with Crippen molar-refractivity contribution in [2.45, 2.75) is 76.3 Å². The zero-order valence-corrected chi connectivity index (χ0v) is 13.7. The van der Waals surface area contributed by atoms with Crippen molar-refractivity contribution in [2.24, 2.45) is 0 Å². The standard InChI is InChI=1S/C17H32O5/c1-2-3-4-5-6-7-8-9-10-11-21-17-14(19)13-22-15(12-18)16(17)20/h8-9,14-20H,2-7,10-13H2,1H3/b9-8+/t14-,15+,16+,17+/m1/s1. The molecule has 0 aromatic rings. The molecule has 4 atom stereocenters. The van der Waals surface area contributed by atoms with Crippen LogP contribution in [0.1, 0.15) is 51.9 Å². The summed E-state index contributed by atoms with van der Waals surface area (Å²) in [5.41, 5.74) is 0. The summed E-state index contributed by atoms with van der Waals surface area (Å²) in [4.78, 5) is 0. The second kappa shape index (κ2) is 12.0. The molecule has 0 spiro atoms. The monoisotopic (exact) mass is 316 g/mol. The van der Waals surface area contributed by atoms with Crippen LogP contribution >= 0.6 is 0 Å². The average Bonchev–Trinajstić information content (AvgIpc) is 2.52. The number of unbranched alkanes of at least 4 members (excludes halogenated alkanes) is 5. The molecule has 0 bridgehead atoms. The molecule has 5 heteroatoms.